The van der Waals surface area contributed by atoms with Crippen LogP contribution in [0.3, 0.4) is 0 Å². The summed E-state index contributed by atoms with van der Waals surface area (Å²) >= 11 is 0. The van der Waals surface area contributed by atoms with Crippen molar-refractivity contribution in [1.29, 1.82) is 5.41 Å². The first kappa shape index (κ1) is 22.2. The zero-order valence-electron chi connectivity index (χ0n) is 19.6. The number of halogens is 1. The Labute approximate surface area is 195 Å². The Bertz CT molecular complexity index is 1010. The molecule has 176 valence electrons. The first-order valence-electron chi connectivity index (χ1n) is 12.1. The van der Waals surface area contributed by atoms with Crippen LogP contribution in [0, 0.1) is 16.6 Å². The second kappa shape index (κ2) is 8.99. The fourth-order valence-corrected chi connectivity index (χ4v) is 6.04. The largest absolute Gasteiger partial charge is 0.373 e. The molecule has 1 atom stereocenters. The van der Waals surface area contributed by atoms with Gasteiger partial charge in [0.25, 0.3) is 0 Å². The number of hydrogen-bond donors (Lipinski definition) is 2. The molecule has 33 heavy (non-hydrogen) atoms. The highest BCUT2D eigenvalue weighted by Gasteiger charge is 2.48. The van der Waals surface area contributed by atoms with Crippen LogP contribution in [0.2, 0.25) is 0 Å². The third-order valence-corrected chi connectivity index (χ3v) is 7.83. The lowest BCUT2D eigenvalue weighted by Gasteiger charge is -2.49. The zero-order valence-corrected chi connectivity index (χ0v) is 19.6. The summed E-state index contributed by atoms with van der Waals surface area (Å²) in [5, 5.41) is 10.7. The van der Waals surface area contributed by atoms with Crippen molar-refractivity contribution < 1.29 is 4.39 Å². The van der Waals surface area contributed by atoms with E-state index in [4.69, 9.17) is 5.41 Å². The minimum Gasteiger partial charge on any atom is -0.373 e. The van der Waals surface area contributed by atoms with Gasteiger partial charge in [-0.15, -0.1) is 0 Å². The van der Waals surface area contributed by atoms with Gasteiger partial charge in [-0.1, -0.05) is 6.92 Å². The van der Waals surface area contributed by atoms with Gasteiger partial charge in [-0.3, -0.25) is 4.90 Å². The molecule has 2 aliphatic heterocycles. The van der Waals surface area contributed by atoms with E-state index in [1.165, 1.54) is 57.4 Å². The van der Waals surface area contributed by atoms with Gasteiger partial charge in [0.15, 0.2) is 0 Å². The molecule has 1 unspecified atom stereocenters. The van der Waals surface area contributed by atoms with E-state index in [2.05, 4.69) is 36.9 Å². The number of hydrogen-bond acceptors (Lipinski definition) is 7. The molecule has 2 aromatic heterocycles. The highest BCUT2D eigenvalue weighted by molar-refractivity contribution is 5.88. The smallest absolute Gasteiger partial charge is 0.142 e. The first-order valence-corrected chi connectivity index (χ1v) is 12.1. The molecule has 1 spiro atoms. The summed E-state index contributed by atoms with van der Waals surface area (Å²) < 4.78 is 14.2. The molecule has 3 fully saturated rings. The normalized spacial score (nSPS) is 23.0. The number of piperazine rings is 1. The number of likely N-dealkylation sites (tertiary alicyclic amines) is 1. The van der Waals surface area contributed by atoms with E-state index < -0.39 is 0 Å². The van der Waals surface area contributed by atoms with E-state index >= 15 is 0 Å². The molecule has 0 amide bonds. The van der Waals surface area contributed by atoms with Gasteiger partial charge < -0.3 is 20.5 Å². The summed E-state index contributed by atoms with van der Waals surface area (Å²) in [5.41, 5.74) is 2.75. The third kappa shape index (κ3) is 4.22. The van der Waals surface area contributed by atoms with Crippen molar-refractivity contribution in [2.45, 2.75) is 32.2 Å². The van der Waals surface area contributed by atoms with Crippen LogP contribution in [-0.4, -0.2) is 84.9 Å². The summed E-state index contributed by atoms with van der Waals surface area (Å²) in [4.78, 5) is 16.4. The Morgan fingerprint density at radius 2 is 1.97 bits per heavy atom. The van der Waals surface area contributed by atoms with E-state index in [0.717, 1.165) is 43.1 Å². The van der Waals surface area contributed by atoms with Gasteiger partial charge in [0.05, 0.1) is 6.20 Å². The predicted octanol–water partition coefficient (Wildman–Crippen LogP) is 3.32. The lowest BCUT2D eigenvalue weighted by Crippen LogP contribution is -2.56. The Hall–Kier alpha value is -2.58. The van der Waals surface area contributed by atoms with Crippen molar-refractivity contribution >= 4 is 17.9 Å². The van der Waals surface area contributed by atoms with Gasteiger partial charge >= 0.3 is 0 Å². The molecule has 3 aliphatic rings. The van der Waals surface area contributed by atoms with Crippen LogP contribution >= 0.6 is 0 Å². The zero-order chi connectivity index (χ0) is 23.0. The molecule has 5 rings (SSSR count). The standard InChI is InChI=1S/C25H34FN7/c1-3-31-16-25(17-31)5-4-21(12-25)32-6-8-33(9-7-32)24-22(11-20(26)15-30-24)19-10-18(13-27)23(28-2)29-14-19/h10-11,13-15,21,27H,3-9,12,16-17H2,1-2H3,(H,28,29). The Morgan fingerprint density at radius 1 is 1.18 bits per heavy atom. The van der Waals surface area contributed by atoms with Gasteiger partial charge in [0, 0.05) is 81.5 Å². The lowest BCUT2D eigenvalue weighted by atomic mass is 9.78. The molecular weight excluding hydrogens is 417 g/mol. The highest BCUT2D eigenvalue weighted by Crippen LogP contribution is 2.47. The van der Waals surface area contributed by atoms with Gasteiger partial charge in [-0.25, -0.2) is 14.4 Å². The Kier molecular flexibility index (Phi) is 6.05. The minimum atomic E-state index is -0.362. The molecule has 0 radical (unpaired) electrons. The minimum absolute atomic E-state index is 0.362. The lowest BCUT2D eigenvalue weighted by molar-refractivity contribution is 0.00366. The fourth-order valence-electron chi connectivity index (χ4n) is 6.04. The van der Waals surface area contributed by atoms with Crippen LogP contribution in [0.25, 0.3) is 11.1 Å². The average Bonchev–Trinajstić information content (AvgIpc) is 3.28. The maximum Gasteiger partial charge on any atom is 0.142 e. The number of nitrogens with one attached hydrogen (secondary N) is 2. The molecule has 0 aromatic carbocycles. The van der Waals surface area contributed by atoms with Crippen LogP contribution in [0.5, 0.6) is 0 Å². The second-order valence-corrected chi connectivity index (χ2v) is 9.80. The summed E-state index contributed by atoms with van der Waals surface area (Å²) in [6, 6.07) is 4.10. The molecule has 8 heteroatoms. The van der Waals surface area contributed by atoms with Crippen molar-refractivity contribution in [3.63, 3.8) is 0 Å². The number of pyridine rings is 2. The van der Waals surface area contributed by atoms with Crippen molar-refractivity contribution in [3.8, 4) is 11.1 Å². The average molecular weight is 452 g/mol. The molecule has 7 nitrogen and oxygen atoms in total. The fraction of sp³-hybridized carbons (Fsp3) is 0.560. The second-order valence-electron chi connectivity index (χ2n) is 9.80. The maximum atomic E-state index is 14.2. The van der Waals surface area contributed by atoms with Crippen LogP contribution in [0.1, 0.15) is 31.7 Å². The van der Waals surface area contributed by atoms with Crippen molar-refractivity contribution in [1.82, 2.24) is 19.8 Å². The molecule has 2 saturated heterocycles. The molecule has 1 aliphatic carbocycles. The summed E-state index contributed by atoms with van der Waals surface area (Å²) in [7, 11) is 1.78. The van der Waals surface area contributed by atoms with Crippen LogP contribution in [0.4, 0.5) is 16.0 Å². The van der Waals surface area contributed by atoms with E-state index in [1.807, 2.05) is 6.07 Å². The summed E-state index contributed by atoms with van der Waals surface area (Å²) in [6.45, 7) is 9.78. The van der Waals surface area contributed by atoms with Crippen LogP contribution in [-0.2, 0) is 0 Å². The molecule has 2 aromatic rings. The quantitative estimate of drug-likeness (QED) is 0.657. The summed E-state index contributed by atoms with van der Waals surface area (Å²) in [6.07, 6.45) is 8.31. The highest BCUT2D eigenvalue weighted by atomic mass is 19.1. The third-order valence-electron chi connectivity index (χ3n) is 7.83. The van der Waals surface area contributed by atoms with E-state index in [9.17, 15) is 4.39 Å². The molecule has 1 saturated carbocycles. The van der Waals surface area contributed by atoms with Gasteiger partial charge in [0.1, 0.15) is 17.5 Å². The molecular formula is C25H34FN7. The van der Waals surface area contributed by atoms with Gasteiger partial charge in [-0.05, 0) is 43.4 Å². The van der Waals surface area contributed by atoms with E-state index in [-0.39, 0.29) is 5.82 Å². The van der Waals surface area contributed by atoms with E-state index in [1.54, 1.807) is 13.2 Å². The number of aromatic nitrogens is 2. The molecule has 2 N–H and O–H groups in total. The van der Waals surface area contributed by atoms with Crippen molar-refractivity contribution in [2.75, 3.05) is 63.1 Å². The maximum absolute atomic E-state index is 14.2. The number of nitrogens with zero attached hydrogens (tertiary/aromatic N) is 5. The van der Waals surface area contributed by atoms with Crippen LogP contribution < -0.4 is 10.2 Å². The number of anilines is 2. The van der Waals surface area contributed by atoms with Crippen molar-refractivity contribution in [2.24, 2.45) is 5.41 Å². The van der Waals surface area contributed by atoms with Gasteiger partial charge in [-0.2, -0.15) is 0 Å². The number of rotatable bonds is 6. The first-order chi connectivity index (χ1) is 16.0. The van der Waals surface area contributed by atoms with E-state index in [0.29, 0.717) is 22.8 Å². The Morgan fingerprint density at radius 3 is 2.67 bits per heavy atom. The van der Waals surface area contributed by atoms with Crippen LogP contribution in [0.15, 0.2) is 24.5 Å². The Balaban J connectivity index is 1.29. The monoisotopic (exact) mass is 451 g/mol. The summed E-state index contributed by atoms with van der Waals surface area (Å²) in [5.74, 6) is 1.07. The predicted molar refractivity (Wildman–Crippen MR) is 131 cm³/mol. The SMILES string of the molecule is CCN1CC2(CCC(N3CCN(c4ncc(F)cc4-c4cnc(NC)c(C=N)c4)CC3)C2)C1. The molecule has 0 bridgehead atoms. The van der Waals surface area contributed by atoms with Gasteiger partial charge in [0.2, 0.25) is 0 Å². The topological polar surface area (TPSA) is 71.4 Å². The molecule has 4 heterocycles. The van der Waals surface area contributed by atoms with Crippen molar-refractivity contribution in [3.05, 3.63) is 35.9 Å².